The van der Waals surface area contributed by atoms with Crippen LogP contribution in [0.3, 0.4) is 0 Å². The van der Waals surface area contributed by atoms with Gasteiger partial charge in [0.2, 0.25) is 0 Å². The number of hydrogen-bond donors (Lipinski definition) is 3. The lowest BCUT2D eigenvalue weighted by Gasteiger charge is -2.13. The molecular weight excluding hydrogens is 433 g/mol. The normalized spacial score (nSPS) is 11.7. The van der Waals surface area contributed by atoms with Gasteiger partial charge < -0.3 is 14.9 Å². The number of nitrogens with two attached hydrogens (primary N) is 2. The molecule has 0 fully saturated rings. The van der Waals surface area contributed by atoms with Crippen molar-refractivity contribution >= 4 is 24.6 Å². The van der Waals surface area contributed by atoms with Gasteiger partial charge in [-0.2, -0.15) is 15.9 Å². The van der Waals surface area contributed by atoms with Gasteiger partial charge in [-0.25, -0.2) is 10.7 Å². The Morgan fingerprint density at radius 1 is 1.09 bits per heavy atom. The molecule has 2 rings (SSSR count). The summed E-state index contributed by atoms with van der Waals surface area (Å²) in [4.78, 5) is 50.7. The van der Waals surface area contributed by atoms with Gasteiger partial charge in [0.25, 0.3) is 5.91 Å². The second-order valence-corrected chi connectivity index (χ2v) is 6.85. The van der Waals surface area contributed by atoms with E-state index in [4.69, 9.17) is 11.8 Å². The molecule has 0 heterocycles. The minimum absolute atomic E-state index is 0.0301. The van der Waals surface area contributed by atoms with Crippen LogP contribution in [0.1, 0.15) is 27.0 Å². The molecule has 2 aromatic carbocycles. The van der Waals surface area contributed by atoms with Crippen molar-refractivity contribution in [3.8, 4) is 0 Å². The van der Waals surface area contributed by atoms with Gasteiger partial charge in [-0.15, -0.1) is 10.0 Å². The Labute approximate surface area is 188 Å². The van der Waals surface area contributed by atoms with E-state index in [9.17, 15) is 19.4 Å². The Kier molecular flexibility index (Phi) is 10.0. The molecule has 33 heavy (non-hydrogen) atoms. The summed E-state index contributed by atoms with van der Waals surface area (Å²) in [6, 6.07) is 11.5. The van der Waals surface area contributed by atoms with Crippen LogP contribution in [0.25, 0.3) is 0 Å². The molecule has 0 aliphatic heterocycles. The van der Waals surface area contributed by atoms with Gasteiger partial charge in [0, 0.05) is 6.54 Å². The average molecular weight is 455 g/mol. The van der Waals surface area contributed by atoms with Crippen LogP contribution >= 0.6 is 0 Å². The van der Waals surface area contributed by atoms with Crippen molar-refractivity contribution in [2.75, 3.05) is 7.05 Å². The lowest BCUT2D eigenvalue weighted by atomic mass is 9.72. The molecule has 14 heteroatoms. The second kappa shape index (κ2) is 13.0. The van der Waals surface area contributed by atoms with Crippen molar-refractivity contribution in [1.29, 1.82) is 0 Å². The fourth-order valence-electron chi connectivity index (χ4n) is 3.03. The van der Waals surface area contributed by atoms with Gasteiger partial charge in [0.15, 0.2) is 0 Å². The Balaban J connectivity index is 2.22. The molecule has 172 valence electrons. The minimum atomic E-state index is -1.52. The van der Waals surface area contributed by atoms with Gasteiger partial charge in [-0.3, -0.25) is 4.79 Å². The van der Waals surface area contributed by atoms with Crippen molar-refractivity contribution in [3.05, 3.63) is 74.5 Å². The average Bonchev–Trinajstić information content (AvgIpc) is 2.83. The lowest BCUT2D eigenvalue weighted by Crippen LogP contribution is -2.35. The van der Waals surface area contributed by atoms with Gasteiger partial charge in [0.05, 0.1) is 12.0 Å². The van der Waals surface area contributed by atoms with Gasteiger partial charge in [-0.1, -0.05) is 41.5 Å². The van der Waals surface area contributed by atoms with Crippen LogP contribution in [-0.4, -0.2) is 31.9 Å². The van der Waals surface area contributed by atoms with Crippen LogP contribution in [0.5, 0.6) is 0 Å². The van der Waals surface area contributed by atoms with Gasteiger partial charge in [-0.05, 0) is 41.4 Å². The third-order valence-electron chi connectivity index (χ3n) is 4.62. The van der Waals surface area contributed by atoms with Crippen molar-refractivity contribution in [2.45, 2.75) is 25.3 Å². The van der Waals surface area contributed by atoms with E-state index in [0.29, 0.717) is 6.54 Å². The fourth-order valence-corrected chi connectivity index (χ4v) is 3.03. The topological polar surface area (TPSA) is 200 Å². The maximum Gasteiger partial charge on any atom is 0.529 e. The molecule has 0 unspecified atom stereocenters. The number of nitrogens with zero attached hydrogens (tertiary/aromatic N) is 4. The van der Waals surface area contributed by atoms with Crippen LogP contribution in [0.4, 0.5) is 5.69 Å². The number of rotatable bonds is 12. The summed E-state index contributed by atoms with van der Waals surface area (Å²) in [5, 5.41) is 16.1. The highest BCUT2D eigenvalue weighted by atomic mass is 16.7. The van der Waals surface area contributed by atoms with Crippen molar-refractivity contribution in [2.24, 2.45) is 32.3 Å². The third-order valence-corrected chi connectivity index (χ3v) is 4.62. The largest absolute Gasteiger partial charge is 0.529 e. The second-order valence-electron chi connectivity index (χ2n) is 6.85. The van der Waals surface area contributed by atoms with Crippen LogP contribution in [-0.2, 0) is 33.8 Å². The van der Waals surface area contributed by atoms with E-state index in [1.54, 1.807) is 12.1 Å². The summed E-state index contributed by atoms with van der Waals surface area (Å²) in [6.07, 6.45) is -0.229. The molecule has 0 spiro atoms. The molecule has 0 bridgehead atoms. The molecule has 0 radical (unpaired) electrons. The number of nitroso groups, excluding NO2 is 2. The zero-order valence-electron chi connectivity index (χ0n) is 17.7. The fraction of sp³-hybridized carbons (Fsp3) is 0.263. The number of carbonyl (C=O) groups excluding carboxylic acids is 2. The highest BCUT2D eigenvalue weighted by Gasteiger charge is 2.33. The number of carbonyl (C=O) groups is 2. The first-order valence-corrected chi connectivity index (χ1v) is 9.67. The Hall–Kier alpha value is -3.72. The molecule has 2 aromatic rings. The quantitative estimate of drug-likeness (QED) is 0.184. The summed E-state index contributed by atoms with van der Waals surface area (Å²) in [7, 11) is 0.307. The molecule has 0 aliphatic carbocycles. The highest BCUT2D eigenvalue weighted by Crippen LogP contribution is 2.27. The summed E-state index contributed by atoms with van der Waals surface area (Å²) >= 11 is 0. The summed E-state index contributed by atoms with van der Waals surface area (Å²) in [6.45, 7) is 0.691. The van der Waals surface area contributed by atoms with Crippen molar-refractivity contribution in [3.63, 3.8) is 0 Å². The standard InChI is InChI=1S/C19H22BN7O6/c1-23-11-13-7-5-12(6-8-13)9-17(28)25-24-16(20(27-31)33-22)10-14-3-2-4-15(18(14)26-30)19(29)32-21/h2-8,16,23H,9-11,21-22H2,1H3/t16-/m0/s1. The van der Waals surface area contributed by atoms with Crippen molar-refractivity contribution in [1.82, 2.24) is 5.32 Å². The number of benzene rings is 2. The first-order chi connectivity index (χ1) is 16.0. The molecule has 5 N–H and O–H groups in total. The van der Waals surface area contributed by atoms with Crippen LogP contribution in [0, 0.1) is 9.81 Å². The monoisotopic (exact) mass is 455 g/mol. The molecular formula is C19H22BN7O6. The Morgan fingerprint density at radius 3 is 2.36 bits per heavy atom. The Bertz CT molecular complexity index is 1020. The third kappa shape index (κ3) is 7.15. The van der Waals surface area contributed by atoms with E-state index in [1.165, 1.54) is 18.2 Å². The van der Waals surface area contributed by atoms with Crippen LogP contribution in [0.2, 0.25) is 0 Å². The molecule has 0 saturated carbocycles. The predicted molar refractivity (Wildman–Crippen MR) is 119 cm³/mol. The molecule has 0 aliphatic rings. The first-order valence-electron chi connectivity index (χ1n) is 9.67. The zero-order valence-corrected chi connectivity index (χ0v) is 17.7. The van der Waals surface area contributed by atoms with Crippen LogP contribution < -0.4 is 17.1 Å². The van der Waals surface area contributed by atoms with Gasteiger partial charge in [0.1, 0.15) is 11.6 Å². The summed E-state index contributed by atoms with van der Waals surface area (Å²) in [5.41, 5.74) is 1.49. The minimum Gasteiger partial charge on any atom is -0.370 e. The van der Waals surface area contributed by atoms with E-state index in [0.717, 1.165) is 11.1 Å². The van der Waals surface area contributed by atoms with E-state index < -0.39 is 24.9 Å². The molecule has 13 nitrogen and oxygen atoms in total. The summed E-state index contributed by atoms with van der Waals surface area (Å²) < 4.78 is 4.52. The van der Waals surface area contributed by atoms with E-state index in [2.05, 4.69) is 35.4 Å². The van der Waals surface area contributed by atoms with Crippen LogP contribution in [0.15, 0.2) is 63.0 Å². The lowest BCUT2D eigenvalue weighted by molar-refractivity contribution is -0.117. The predicted octanol–water partition coefficient (Wildman–Crippen LogP) is 1.65. The number of nitrogens with one attached hydrogen (secondary N) is 1. The Morgan fingerprint density at radius 2 is 1.79 bits per heavy atom. The maximum absolute atomic E-state index is 12.3. The SMILES string of the molecule is CNCc1ccc(CC(=O)N=N[C@@H](Cc2cccc(C(=O)ON)c2N=O)B(N=O)ON)cc1. The maximum atomic E-state index is 12.3. The van der Waals surface area contributed by atoms with Gasteiger partial charge >= 0.3 is 13.0 Å². The number of hydrogen-bond acceptors (Lipinski definition) is 12. The first kappa shape index (κ1) is 25.5. The summed E-state index contributed by atoms with van der Waals surface area (Å²) in [5.74, 6) is 7.24. The molecule has 0 saturated heterocycles. The molecule has 1 atom stereocenters. The van der Waals surface area contributed by atoms with E-state index >= 15 is 0 Å². The van der Waals surface area contributed by atoms with E-state index in [1.807, 2.05) is 19.2 Å². The van der Waals surface area contributed by atoms with E-state index in [-0.39, 0.29) is 29.7 Å². The highest BCUT2D eigenvalue weighted by molar-refractivity contribution is 6.51. The molecule has 0 aromatic heterocycles. The molecule has 1 amide bonds. The van der Waals surface area contributed by atoms with Crippen molar-refractivity contribution < 1.29 is 19.2 Å². The smallest absolute Gasteiger partial charge is 0.370 e. The number of amides is 1. The zero-order chi connectivity index (χ0) is 24.2. The number of azo groups is 1.